The SMILES string of the molecule is C[C@@H](NC(=O)CN1C(=O)N[C@@](C)(c2ccc(OC(F)F)cc2)C1=O)[C@@H]1C[C@@H]2CC[C@@H]1C2. The molecule has 0 unspecified atom stereocenters. The van der Waals surface area contributed by atoms with E-state index in [0.717, 1.165) is 17.2 Å². The minimum atomic E-state index is -2.95. The van der Waals surface area contributed by atoms with Crippen LogP contribution in [0.25, 0.3) is 0 Å². The number of hydrogen-bond donors (Lipinski definition) is 2. The molecule has 3 aliphatic rings. The quantitative estimate of drug-likeness (QED) is 0.645. The van der Waals surface area contributed by atoms with Crippen molar-refractivity contribution in [3.63, 3.8) is 0 Å². The number of benzene rings is 1. The van der Waals surface area contributed by atoms with E-state index in [4.69, 9.17) is 0 Å². The summed E-state index contributed by atoms with van der Waals surface area (Å²) < 4.78 is 29.0. The molecule has 3 fully saturated rings. The van der Waals surface area contributed by atoms with Gasteiger partial charge in [0.1, 0.15) is 17.8 Å². The van der Waals surface area contributed by atoms with Crippen LogP contribution in [0.4, 0.5) is 13.6 Å². The molecule has 0 spiro atoms. The van der Waals surface area contributed by atoms with Gasteiger partial charge in [0.25, 0.3) is 5.91 Å². The highest BCUT2D eigenvalue weighted by molar-refractivity contribution is 6.09. The van der Waals surface area contributed by atoms with E-state index in [9.17, 15) is 23.2 Å². The molecule has 0 aromatic heterocycles. The first-order valence-electron chi connectivity index (χ1n) is 10.7. The first-order chi connectivity index (χ1) is 14.7. The number of nitrogens with one attached hydrogen (secondary N) is 2. The topological polar surface area (TPSA) is 87.7 Å². The van der Waals surface area contributed by atoms with Crippen LogP contribution in [0.3, 0.4) is 0 Å². The number of amides is 4. The molecule has 2 N–H and O–H groups in total. The highest BCUT2D eigenvalue weighted by Crippen LogP contribution is 2.49. The van der Waals surface area contributed by atoms with E-state index in [-0.39, 0.29) is 24.2 Å². The van der Waals surface area contributed by atoms with Crippen LogP contribution in [0, 0.1) is 17.8 Å². The minimum absolute atomic E-state index is 0.00247. The molecule has 168 valence electrons. The van der Waals surface area contributed by atoms with Crippen LogP contribution in [-0.2, 0) is 15.1 Å². The number of imide groups is 1. The van der Waals surface area contributed by atoms with E-state index in [1.54, 1.807) is 0 Å². The Kier molecular flexibility index (Phi) is 5.61. The van der Waals surface area contributed by atoms with Gasteiger partial charge >= 0.3 is 12.6 Å². The van der Waals surface area contributed by atoms with E-state index >= 15 is 0 Å². The van der Waals surface area contributed by atoms with Gasteiger partial charge in [-0.1, -0.05) is 18.6 Å². The second kappa shape index (κ2) is 8.09. The standard InChI is InChI=1S/C22H27F2N3O4/c1-12(17-10-13-3-4-14(17)9-13)25-18(28)11-27-19(29)22(2,26-21(27)30)15-5-7-16(8-6-15)31-20(23)24/h5-8,12-14,17,20H,3-4,9-11H2,1-2H3,(H,25,28)(H,26,30)/t12-,13-,14-,17+,22+/m1/s1. The van der Waals surface area contributed by atoms with Crippen molar-refractivity contribution in [2.24, 2.45) is 17.8 Å². The van der Waals surface area contributed by atoms with Crippen LogP contribution in [0.2, 0.25) is 0 Å². The second-order valence-electron chi connectivity index (χ2n) is 9.04. The van der Waals surface area contributed by atoms with Gasteiger partial charge in [0.2, 0.25) is 5.91 Å². The predicted octanol–water partition coefficient (Wildman–Crippen LogP) is 3.00. The van der Waals surface area contributed by atoms with Gasteiger partial charge in [-0.15, -0.1) is 0 Å². The summed E-state index contributed by atoms with van der Waals surface area (Å²) in [5, 5.41) is 5.58. The zero-order valence-electron chi connectivity index (χ0n) is 17.6. The molecule has 1 heterocycles. The first kappa shape index (κ1) is 21.5. The maximum atomic E-state index is 13.0. The van der Waals surface area contributed by atoms with Crippen LogP contribution in [0.15, 0.2) is 24.3 Å². The van der Waals surface area contributed by atoms with Gasteiger partial charge in [0.05, 0.1) is 0 Å². The Bertz CT molecular complexity index is 878. The summed E-state index contributed by atoms with van der Waals surface area (Å²) in [5.41, 5.74) is -0.984. The summed E-state index contributed by atoms with van der Waals surface area (Å²) in [6, 6.07) is 4.82. The van der Waals surface area contributed by atoms with Crippen molar-refractivity contribution in [1.29, 1.82) is 0 Å². The largest absolute Gasteiger partial charge is 0.435 e. The number of carbonyl (C=O) groups is 3. The third-order valence-electron chi connectivity index (χ3n) is 7.06. The maximum absolute atomic E-state index is 13.0. The zero-order chi connectivity index (χ0) is 22.3. The number of fused-ring (bicyclic) bond motifs is 2. The van der Waals surface area contributed by atoms with E-state index in [1.807, 2.05) is 6.92 Å². The smallest absolute Gasteiger partial charge is 0.387 e. The molecule has 4 rings (SSSR count). The Hall–Kier alpha value is -2.71. The van der Waals surface area contributed by atoms with Crippen molar-refractivity contribution in [2.75, 3.05) is 6.54 Å². The molecule has 7 nitrogen and oxygen atoms in total. The van der Waals surface area contributed by atoms with Crippen molar-refractivity contribution < 1.29 is 27.9 Å². The lowest BCUT2D eigenvalue weighted by Gasteiger charge is -2.29. The van der Waals surface area contributed by atoms with Gasteiger partial charge in [0, 0.05) is 6.04 Å². The van der Waals surface area contributed by atoms with Gasteiger partial charge in [0.15, 0.2) is 0 Å². The van der Waals surface area contributed by atoms with Crippen molar-refractivity contribution in [2.45, 2.75) is 57.7 Å². The maximum Gasteiger partial charge on any atom is 0.387 e. The van der Waals surface area contributed by atoms with Crippen LogP contribution in [0.1, 0.15) is 45.1 Å². The molecule has 1 aliphatic heterocycles. The highest BCUT2D eigenvalue weighted by Gasteiger charge is 2.50. The molecule has 2 saturated carbocycles. The molecule has 4 amide bonds. The fourth-order valence-corrected chi connectivity index (χ4v) is 5.46. The molecule has 9 heteroatoms. The lowest BCUT2D eigenvalue weighted by molar-refractivity contribution is -0.135. The summed E-state index contributed by atoms with van der Waals surface area (Å²) in [6.45, 7) is 0.191. The average molecular weight is 435 g/mol. The van der Waals surface area contributed by atoms with Crippen molar-refractivity contribution in [1.82, 2.24) is 15.5 Å². The highest BCUT2D eigenvalue weighted by atomic mass is 19.3. The van der Waals surface area contributed by atoms with Crippen molar-refractivity contribution in [3.8, 4) is 5.75 Å². The summed E-state index contributed by atoms with van der Waals surface area (Å²) in [7, 11) is 0. The number of ether oxygens (including phenoxy) is 1. The fourth-order valence-electron chi connectivity index (χ4n) is 5.46. The normalized spacial score (nSPS) is 30.6. The molecule has 1 aromatic carbocycles. The van der Waals surface area contributed by atoms with Gasteiger partial charge in [-0.3, -0.25) is 14.5 Å². The summed E-state index contributed by atoms with van der Waals surface area (Å²) in [4.78, 5) is 38.9. The van der Waals surface area contributed by atoms with E-state index in [0.29, 0.717) is 17.4 Å². The molecule has 2 bridgehead atoms. The first-order valence-corrected chi connectivity index (χ1v) is 10.7. The van der Waals surface area contributed by atoms with E-state index in [1.165, 1.54) is 50.5 Å². The van der Waals surface area contributed by atoms with Gasteiger partial charge in [-0.25, -0.2) is 4.79 Å². The molecule has 1 aromatic rings. The van der Waals surface area contributed by atoms with Crippen LogP contribution in [-0.4, -0.2) is 41.9 Å². The van der Waals surface area contributed by atoms with E-state index in [2.05, 4.69) is 15.4 Å². The zero-order valence-corrected chi connectivity index (χ0v) is 17.6. The van der Waals surface area contributed by atoms with Crippen LogP contribution < -0.4 is 15.4 Å². The van der Waals surface area contributed by atoms with Gasteiger partial charge < -0.3 is 15.4 Å². The lowest BCUT2D eigenvalue weighted by Crippen LogP contribution is -2.47. The number of carbonyl (C=O) groups excluding carboxylic acids is 3. The van der Waals surface area contributed by atoms with Gasteiger partial charge in [-0.05, 0) is 68.6 Å². The van der Waals surface area contributed by atoms with Crippen LogP contribution >= 0.6 is 0 Å². The summed E-state index contributed by atoms with van der Waals surface area (Å²) in [6.07, 6.45) is 4.84. The van der Waals surface area contributed by atoms with Crippen molar-refractivity contribution >= 4 is 17.8 Å². The Morgan fingerprint density at radius 1 is 1.26 bits per heavy atom. The van der Waals surface area contributed by atoms with E-state index < -0.39 is 24.1 Å². The number of hydrogen-bond acceptors (Lipinski definition) is 4. The monoisotopic (exact) mass is 435 g/mol. The Morgan fingerprint density at radius 3 is 2.55 bits per heavy atom. The predicted molar refractivity (Wildman–Crippen MR) is 107 cm³/mol. The molecule has 31 heavy (non-hydrogen) atoms. The third kappa shape index (κ3) is 4.09. The third-order valence-corrected chi connectivity index (χ3v) is 7.06. The molecular formula is C22H27F2N3O4. The number of urea groups is 1. The Morgan fingerprint density at radius 2 is 1.97 bits per heavy atom. The second-order valence-corrected chi connectivity index (χ2v) is 9.04. The molecule has 0 radical (unpaired) electrons. The van der Waals surface area contributed by atoms with Gasteiger partial charge in [-0.2, -0.15) is 8.78 Å². The fraction of sp³-hybridized carbons (Fsp3) is 0.591. The summed E-state index contributed by atoms with van der Waals surface area (Å²) in [5.74, 6) is 0.872. The molecule has 2 aliphatic carbocycles. The average Bonchev–Trinajstić information content (AvgIpc) is 3.39. The van der Waals surface area contributed by atoms with Crippen LogP contribution in [0.5, 0.6) is 5.75 Å². The molecule has 1 saturated heterocycles. The number of rotatable bonds is 7. The molecule has 5 atom stereocenters. The summed E-state index contributed by atoms with van der Waals surface area (Å²) >= 11 is 0. The lowest BCUT2D eigenvalue weighted by atomic mass is 9.84. The number of alkyl halides is 2. The number of halogens is 2. The number of nitrogens with zero attached hydrogens (tertiary/aromatic N) is 1. The van der Waals surface area contributed by atoms with Crippen molar-refractivity contribution in [3.05, 3.63) is 29.8 Å². The minimum Gasteiger partial charge on any atom is -0.435 e. The molecular weight excluding hydrogens is 408 g/mol. The Balaban J connectivity index is 1.39. The Labute approximate surface area is 179 Å².